The second-order valence-corrected chi connectivity index (χ2v) is 13.4. The van der Waals surface area contributed by atoms with E-state index >= 15 is 0 Å². The molecule has 1 aromatic carbocycles. The summed E-state index contributed by atoms with van der Waals surface area (Å²) in [6.07, 6.45) is 3.14. The van der Waals surface area contributed by atoms with Gasteiger partial charge in [0.1, 0.15) is 0 Å². The Morgan fingerprint density at radius 1 is 1.09 bits per heavy atom. The predicted molar refractivity (Wildman–Crippen MR) is 101 cm³/mol. The van der Waals surface area contributed by atoms with Gasteiger partial charge < -0.3 is 0 Å². The lowest BCUT2D eigenvalue weighted by atomic mass is 9.88. The van der Waals surface area contributed by atoms with Crippen molar-refractivity contribution in [1.29, 1.82) is 5.26 Å². The maximum atomic E-state index is 8.94. The first-order chi connectivity index (χ1) is 10.6. The van der Waals surface area contributed by atoms with Gasteiger partial charge in [0.25, 0.3) is 0 Å². The summed E-state index contributed by atoms with van der Waals surface area (Å²) < 4.78 is 0. The van der Waals surface area contributed by atoms with Gasteiger partial charge in [-0.3, -0.25) is 4.98 Å². The summed E-state index contributed by atoms with van der Waals surface area (Å²) in [4.78, 5) is 4.71. The lowest BCUT2D eigenvalue weighted by Crippen LogP contribution is -2.41. The third-order valence-corrected chi connectivity index (χ3v) is 5.89. The molecule has 0 aliphatic carbocycles. The number of nitrogens with zero attached hydrogens (tertiary/aromatic N) is 2. The first kappa shape index (κ1) is 17.4. The third kappa shape index (κ3) is 4.53. The highest BCUT2D eigenvalue weighted by Gasteiger charge is 2.24. The Morgan fingerprint density at radius 3 is 2.17 bits per heavy atom. The molecule has 2 aromatic rings. The molecule has 0 aliphatic rings. The highest BCUT2D eigenvalue weighted by molar-refractivity contribution is 6.89. The van der Waals surface area contributed by atoms with Crippen LogP contribution in [-0.4, -0.2) is 13.1 Å². The van der Waals surface area contributed by atoms with Crippen LogP contribution in [0.4, 0.5) is 0 Å². The number of aromatic nitrogens is 1. The number of hydrogen-bond acceptors (Lipinski definition) is 2. The monoisotopic (exact) mass is 322 g/mol. The molecule has 2 rings (SSSR count). The van der Waals surface area contributed by atoms with Crippen molar-refractivity contribution in [1.82, 2.24) is 4.98 Å². The van der Waals surface area contributed by atoms with Crippen molar-refractivity contribution in [2.24, 2.45) is 5.41 Å². The lowest BCUT2D eigenvalue weighted by Gasteiger charge is -2.26. The number of benzene rings is 1. The number of hydrogen-bond donors (Lipinski definition) is 0. The molecule has 0 saturated heterocycles. The molecule has 2 nitrogen and oxygen atoms in total. The molecule has 1 heterocycles. The number of rotatable bonds is 3. The van der Waals surface area contributed by atoms with Gasteiger partial charge in [-0.1, -0.05) is 52.5 Å². The van der Waals surface area contributed by atoms with Crippen molar-refractivity contribution >= 4 is 13.3 Å². The smallest absolute Gasteiger partial charge is 0.0991 e. The fraction of sp³-hybridized carbons (Fsp3) is 0.400. The summed E-state index contributed by atoms with van der Waals surface area (Å²) in [6, 6.07) is 12.1. The van der Waals surface area contributed by atoms with Crippen LogP contribution in [0.25, 0.3) is 11.3 Å². The fourth-order valence-corrected chi connectivity index (χ4v) is 4.34. The van der Waals surface area contributed by atoms with Gasteiger partial charge in [-0.05, 0) is 40.8 Å². The summed E-state index contributed by atoms with van der Waals surface area (Å²) in [5, 5.41) is 10.4. The van der Waals surface area contributed by atoms with E-state index in [1.54, 1.807) is 0 Å². The minimum Gasteiger partial charge on any atom is -0.256 e. The van der Waals surface area contributed by atoms with Gasteiger partial charge in [0.05, 0.1) is 25.4 Å². The van der Waals surface area contributed by atoms with Gasteiger partial charge in [-0.15, -0.1) is 0 Å². The van der Waals surface area contributed by atoms with E-state index in [9.17, 15) is 0 Å². The molecule has 0 fully saturated rings. The number of nitriles is 1. The van der Waals surface area contributed by atoms with Crippen molar-refractivity contribution in [3.05, 3.63) is 47.7 Å². The summed E-state index contributed by atoms with van der Waals surface area (Å²) in [7, 11) is -1.42. The Bertz CT molecular complexity index is 726. The van der Waals surface area contributed by atoms with Crippen LogP contribution in [0.5, 0.6) is 0 Å². The van der Waals surface area contributed by atoms with Crippen LogP contribution < -0.4 is 5.19 Å². The molecule has 0 saturated carbocycles. The Kier molecular flexibility index (Phi) is 4.77. The molecule has 0 spiro atoms. The minimum atomic E-state index is -1.42. The maximum absolute atomic E-state index is 8.94. The average molecular weight is 323 g/mol. The molecular formula is C20H26N2Si. The van der Waals surface area contributed by atoms with Crippen LogP contribution >= 0.6 is 0 Å². The van der Waals surface area contributed by atoms with E-state index < -0.39 is 8.07 Å². The summed E-state index contributed by atoms with van der Waals surface area (Å²) in [5.74, 6) is 0. The van der Waals surface area contributed by atoms with Crippen LogP contribution in [-0.2, 0) is 6.42 Å². The quantitative estimate of drug-likeness (QED) is 0.764. The van der Waals surface area contributed by atoms with Gasteiger partial charge in [0.2, 0.25) is 0 Å². The molecule has 23 heavy (non-hydrogen) atoms. The fourth-order valence-electron chi connectivity index (χ4n) is 2.76. The third-order valence-electron chi connectivity index (χ3n) is 3.83. The molecule has 0 radical (unpaired) electrons. The largest absolute Gasteiger partial charge is 0.256 e. The first-order valence-corrected chi connectivity index (χ1v) is 11.6. The van der Waals surface area contributed by atoms with Crippen LogP contribution in [0.1, 0.15) is 31.9 Å². The molecule has 1 aromatic heterocycles. The van der Waals surface area contributed by atoms with E-state index in [-0.39, 0.29) is 5.41 Å². The second kappa shape index (κ2) is 6.29. The van der Waals surface area contributed by atoms with E-state index in [0.29, 0.717) is 5.56 Å². The van der Waals surface area contributed by atoms with Gasteiger partial charge >= 0.3 is 0 Å². The molecule has 0 N–H and O–H groups in total. The molecule has 3 heteroatoms. The molecule has 0 amide bonds. The molecule has 0 bridgehead atoms. The predicted octanol–water partition coefficient (Wildman–Crippen LogP) is 4.75. The van der Waals surface area contributed by atoms with E-state index in [2.05, 4.69) is 58.7 Å². The normalized spacial score (nSPS) is 12.0. The molecular weight excluding hydrogens is 296 g/mol. The molecule has 120 valence electrons. The summed E-state index contributed by atoms with van der Waals surface area (Å²) in [6.45, 7) is 14.0. The zero-order valence-corrected chi connectivity index (χ0v) is 16.1. The molecule has 0 unspecified atom stereocenters. The summed E-state index contributed by atoms with van der Waals surface area (Å²) >= 11 is 0. The van der Waals surface area contributed by atoms with E-state index in [1.165, 1.54) is 10.8 Å². The minimum absolute atomic E-state index is 0.248. The Morgan fingerprint density at radius 2 is 1.70 bits per heavy atom. The van der Waals surface area contributed by atoms with Gasteiger partial charge in [0, 0.05) is 11.8 Å². The highest BCUT2D eigenvalue weighted by atomic mass is 28.3. The van der Waals surface area contributed by atoms with Gasteiger partial charge in [0.15, 0.2) is 0 Å². The molecule has 0 aliphatic heterocycles. The van der Waals surface area contributed by atoms with Crippen LogP contribution in [0, 0.1) is 16.7 Å². The van der Waals surface area contributed by atoms with Crippen LogP contribution in [0.15, 0.2) is 36.5 Å². The molecule has 0 atom stereocenters. The Labute approximate surface area is 141 Å². The standard InChI is InChI=1S/C20H26N2Si/c1-20(2,3)12-17-11-18(22-14-19(17)23(4,5)6)16-9-7-15(13-21)8-10-16/h7-11,14H,12H2,1-6H3. The van der Waals surface area contributed by atoms with Crippen LogP contribution in [0.3, 0.4) is 0 Å². The lowest BCUT2D eigenvalue weighted by molar-refractivity contribution is 0.412. The Balaban J connectivity index is 2.50. The zero-order valence-electron chi connectivity index (χ0n) is 15.1. The van der Waals surface area contributed by atoms with E-state index in [4.69, 9.17) is 10.2 Å². The Hall–Kier alpha value is -1.92. The topological polar surface area (TPSA) is 36.7 Å². The van der Waals surface area contributed by atoms with Crippen molar-refractivity contribution in [2.75, 3.05) is 0 Å². The second-order valence-electron chi connectivity index (χ2n) is 8.40. The van der Waals surface area contributed by atoms with Gasteiger partial charge in [-0.25, -0.2) is 0 Å². The van der Waals surface area contributed by atoms with E-state index in [1.807, 2.05) is 24.3 Å². The first-order valence-electron chi connectivity index (χ1n) is 8.10. The van der Waals surface area contributed by atoms with Crippen molar-refractivity contribution in [2.45, 2.75) is 46.8 Å². The highest BCUT2D eigenvalue weighted by Crippen LogP contribution is 2.25. The summed E-state index contributed by atoms with van der Waals surface area (Å²) in [5.41, 5.74) is 4.42. The SMILES string of the molecule is CC(C)(C)Cc1cc(-c2ccc(C#N)cc2)ncc1[Si](C)(C)C. The zero-order chi connectivity index (χ0) is 17.3. The van der Waals surface area contributed by atoms with E-state index in [0.717, 1.165) is 17.7 Å². The van der Waals surface area contributed by atoms with Crippen molar-refractivity contribution < 1.29 is 0 Å². The average Bonchev–Trinajstić information content (AvgIpc) is 2.44. The number of pyridine rings is 1. The maximum Gasteiger partial charge on any atom is 0.0991 e. The van der Waals surface area contributed by atoms with Gasteiger partial charge in [-0.2, -0.15) is 5.26 Å². The van der Waals surface area contributed by atoms with Crippen molar-refractivity contribution in [3.8, 4) is 17.3 Å². The van der Waals surface area contributed by atoms with Crippen LogP contribution in [0.2, 0.25) is 19.6 Å². The van der Waals surface area contributed by atoms with Crippen molar-refractivity contribution in [3.63, 3.8) is 0 Å².